The van der Waals surface area contributed by atoms with Gasteiger partial charge in [0.15, 0.2) is 0 Å². The molecule has 4 aromatic rings. The lowest BCUT2D eigenvalue weighted by atomic mass is 9.93. The number of benzene rings is 4. The van der Waals surface area contributed by atoms with Gasteiger partial charge in [-0.05, 0) is 45.5 Å². The van der Waals surface area contributed by atoms with Crippen LogP contribution in [-0.2, 0) is 40.0 Å². The first-order chi connectivity index (χ1) is 18.3. The van der Waals surface area contributed by atoms with Gasteiger partial charge in [0.2, 0.25) is 0 Å². The zero-order valence-electron chi connectivity index (χ0n) is 20.6. The predicted molar refractivity (Wildman–Crippen MR) is 147 cm³/mol. The molecule has 0 aliphatic carbocycles. The number of fused-ring (bicyclic) bond motifs is 2. The minimum absolute atomic E-state index is 0.310. The van der Waals surface area contributed by atoms with Crippen molar-refractivity contribution in [2.45, 2.75) is 12.8 Å². The summed E-state index contributed by atoms with van der Waals surface area (Å²) in [5.41, 5.74) is 2.23. The van der Waals surface area contributed by atoms with Crippen LogP contribution in [0.5, 0.6) is 0 Å². The van der Waals surface area contributed by atoms with E-state index in [1.165, 1.54) is 32.7 Å². The lowest BCUT2D eigenvalue weighted by Gasteiger charge is -2.41. The molecule has 1 spiro atoms. The van der Waals surface area contributed by atoms with Crippen molar-refractivity contribution in [1.29, 1.82) is 0 Å². The number of hydrogen-bond donors (Lipinski definition) is 0. The molecule has 4 aromatic carbocycles. The van der Waals surface area contributed by atoms with Crippen LogP contribution < -0.4 is 0 Å². The Morgan fingerprint density at radius 3 is 1.41 bits per heavy atom. The highest BCUT2D eigenvalue weighted by atomic mass is 31.2. The van der Waals surface area contributed by atoms with Crippen LogP contribution in [0.2, 0.25) is 0 Å². The highest BCUT2D eigenvalue weighted by molar-refractivity contribution is 7.42. The van der Waals surface area contributed by atoms with Crippen molar-refractivity contribution in [3.8, 4) is 0 Å². The van der Waals surface area contributed by atoms with Crippen LogP contribution in [-0.4, -0.2) is 39.6 Å². The van der Waals surface area contributed by atoms with E-state index in [9.17, 15) is 0 Å². The molecule has 6 rings (SSSR count). The Labute approximate surface area is 219 Å². The van der Waals surface area contributed by atoms with Gasteiger partial charge in [-0.1, -0.05) is 84.9 Å². The Bertz CT molecular complexity index is 1220. The summed E-state index contributed by atoms with van der Waals surface area (Å²) in [5.74, 6) is 0. The number of hydrogen-bond acceptors (Lipinski definition) is 6. The van der Waals surface area contributed by atoms with Crippen molar-refractivity contribution in [3.05, 3.63) is 96.1 Å². The van der Waals surface area contributed by atoms with E-state index < -0.39 is 17.2 Å². The highest BCUT2D eigenvalue weighted by Crippen LogP contribution is 2.53. The maximum Gasteiger partial charge on any atom is 0.332 e. The van der Waals surface area contributed by atoms with Crippen molar-refractivity contribution in [1.82, 2.24) is 0 Å². The van der Waals surface area contributed by atoms with E-state index in [1.807, 2.05) is 0 Å². The van der Waals surface area contributed by atoms with E-state index in [-0.39, 0.29) is 5.41 Å². The molecule has 0 atom stereocenters. The van der Waals surface area contributed by atoms with E-state index >= 15 is 0 Å². The van der Waals surface area contributed by atoms with Crippen molar-refractivity contribution in [3.63, 3.8) is 0 Å². The molecule has 0 N–H and O–H groups in total. The molecule has 0 bridgehead atoms. The zero-order valence-corrected chi connectivity index (χ0v) is 22.4. The summed E-state index contributed by atoms with van der Waals surface area (Å²) in [6.45, 7) is 3.07. The van der Waals surface area contributed by atoms with Gasteiger partial charge in [-0.3, -0.25) is 0 Å². The van der Waals surface area contributed by atoms with Gasteiger partial charge >= 0.3 is 17.2 Å². The normalized spacial score (nSPS) is 24.1. The summed E-state index contributed by atoms with van der Waals surface area (Å²) in [7, 11) is -2.72. The summed E-state index contributed by atoms with van der Waals surface area (Å²) < 4.78 is 35.6. The largest absolute Gasteiger partial charge is 0.332 e. The van der Waals surface area contributed by atoms with Gasteiger partial charge in [0.25, 0.3) is 0 Å². The predicted octanol–water partition coefficient (Wildman–Crippen LogP) is 7.35. The fraction of sp³-hybridized carbons (Fsp3) is 0.310. The summed E-state index contributed by atoms with van der Waals surface area (Å²) >= 11 is 0. The fourth-order valence-corrected chi connectivity index (χ4v) is 7.16. The lowest BCUT2D eigenvalue weighted by Crippen LogP contribution is -2.44. The van der Waals surface area contributed by atoms with E-state index in [0.29, 0.717) is 39.6 Å². The maximum atomic E-state index is 5.94. The molecule has 0 amide bonds. The SMILES string of the molecule is c1ccc2c(CCOP3OCC4(CO3)COP(OCCc3cccc5ccccc35)OC4)cccc2c1. The third kappa shape index (κ3) is 6.04. The molecule has 2 aliphatic heterocycles. The topological polar surface area (TPSA) is 55.4 Å². The summed E-state index contributed by atoms with van der Waals surface area (Å²) in [6, 6.07) is 29.6. The molecule has 2 aliphatic rings. The summed E-state index contributed by atoms with van der Waals surface area (Å²) in [5, 5.41) is 5.01. The first kappa shape index (κ1) is 25.3. The van der Waals surface area contributed by atoms with Gasteiger partial charge in [-0.2, -0.15) is 0 Å². The second-order valence-corrected chi connectivity index (χ2v) is 11.9. The Hall–Kier alpha value is -1.98. The first-order valence-corrected chi connectivity index (χ1v) is 14.8. The second-order valence-electron chi connectivity index (χ2n) is 9.48. The van der Waals surface area contributed by atoms with Crippen molar-refractivity contribution < 1.29 is 27.1 Å². The Morgan fingerprint density at radius 2 is 0.946 bits per heavy atom. The average molecular weight is 537 g/mol. The molecular formula is C29H30O6P2. The quantitative estimate of drug-likeness (QED) is 0.220. The monoisotopic (exact) mass is 536 g/mol. The molecule has 2 fully saturated rings. The van der Waals surface area contributed by atoms with Gasteiger partial charge in [0, 0.05) is 0 Å². The maximum absolute atomic E-state index is 5.94. The molecular weight excluding hydrogens is 506 g/mol. The van der Waals surface area contributed by atoms with Gasteiger partial charge in [-0.25, -0.2) is 0 Å². The highest BCUT2D eigenvalue weighted by Gasteiger charge is 2.44. The van der Waals surface area contributed by atoms with Gasteiger partial charge in [0.05, 0.1) is 45.1 Å². The molecule has 0 unspecified atom stereocenters. The van der Waals surface area contributed by atoms with Gasteiger partial charge < -0.3 is 27.1 Å². The molecule has 0 saturated carbocycles. The molecule has 37 heavy (non-hydrogen) atoms. The molecule has 0 aromatic heterocycles. The van der Waals surface area contributed by atoms with E-state index in [1.54, 1.807) is 0 Å². The Kier molecular flexibility index (Phi) is 8.08. The molecule has 2 saturated heterocycles. The molecule has 8 heteroatoms. The molecule has 192 valence electrons. The first-order valence-electron chi connectivity index (χ1n) is 12.6. The third-order valence-corrected chi connectivity index (χ3v) is 8.95. The fourth-order valence-electron chi connectivity index (χ4n) is 4.71. The summed E-state index contributed by atoms with van der Waals surface area (Å²) in [4.78, 5) is 0. The van der Waals surface area contributed by atoms with Crippen LogP contribution in [0.4, 0.5) is 0 Å². The van der Waals surface area contributed by atoms with E-state index in [0.717, 1.165) is 12.8 Å². The number of rotatable bonds is 8. The lowest BCUT2D eigenvalue weighted by molar-refractivity contribution is -0.0758. The molecule has 6 nitrogen and oxygen atoms in total. The van der Waals surface area contributed by atoms with Crippen LogP contribution in [0.15, 0.2) is 84.9 Å². The molecule has 2 heterocycles. The minimum atomic E-state index is -1.36. The van der Waals surface area contributed by atoms with E-state index in [4.69, 9.17) is 27.1 Å². The Balaban J connectivity index is 0.919. The third-order valence-electron chi connectivity index (χ3n) is 6.80. The average Bonchev–Trinajstić information content (AvgIpc) is 2.96. The molecule has 0 radical (unpaired) electrons. The van der Waals surface area contributed by atoms with Gasteiger partial charge in [-0.15, -0.1) is 0 Å². The van der Waals surface area contributed by atoms with Crippen molar-refractivity contribution in [2.24, 2.45) is 5.41 Å². The van der Waals surface area contributed by atoms with Gasteiger partial charge in [0.1, 0.15) is 0 Å². The second kappa shape index (κ2) is 11.8. The van der Waals surface area contributed by atoms with Crippen LogP contribution >= 0.6 is 17.2 Å². The van der Waals surface area contributed by atoms with Crippen molar-refractivity contribution >= 4 is 38.7 Å². The van der Waals surface area contributed by atoms with Crippen molar-refractivity contribution in [2.75, 3.05) is 39.6 Å². The Morgan fingerprint density at radius 1 is 0.541 bits per heavy atom. The van der Waals surface area contributed by atoms with Crippen LogP contribution in [0.3, 0.4) is 0 Å². The summed E-state index contributed by atoms with van der Waals surface area (Å²) in [6.07, 6.45) is 1.62. The van der Waals surface area contributed by atoms with Crippen LogP contribution in [0, 0.1) is 5.41 Å². The minimum Gasteiger partial charge on any atom is -0.312 e. The standard InChI is InChI=1S/C29H30O6P2/c1-3-13-27-23(7-1)9-5-11-25(27)15-17-30-36-32-19-29(20-33-36)21-34-37(35-22-29)31-18-16-26-12-6-10-24-8-2-4-14-28(24)26/h1-14H,15-22H2. The van der Waals surface area contributed by atoms with E-state index in [2.05, 4.69) is 84.9 Å². The smallest absolute Gasteiger partial charge is 0.312 e. The van der Waals surface area contributed by atoms with Crippen LogP contribution in [0.25, 0.3) is 21.5 Å². The zero-order chi connectivity index (χ0) is 24.9. The van der Waals surface area contributed by atoms with Crippen LogP contribution in [0.1, 0.15) is 11.1 Å².